The van der Waals surface area contributed by atoms with E-state index >= 15 is 0 Å². The van der Waals surface area contributed by atoms with E-state index in [0.29, 0.717) is 18.1 Å². The number of carbonyl (C=O) groups is 1. The molecule has 0 aliphatic rings. The minimum Gasteiger partial charge on any atom is -0.324 e. The quantitative estimate of drug-likeness (QED) is 0.661. The number of nitrogens with one attached hydrogen (secondary N) is 1. The Morgan fingerprint density at radius 2 is 1.58 bits per heavy atom. The van der Waals surface area contributed by atoms with Crippen LogP contribution in [-0.2, 0) is 11.3 Å². The predicted octanol–water partition coefficient (Wildman–Crippen LogP) is 5.08. The lowest BCUT2D eigenvalue weighted by atomic mass is 10.0. The summed E-state index contributed by atoms with van der Waals surface area (Å²) in [6.45, 7) is 0.997. The fourth-order valence-corrected chi connectivity index (χ4v) is 2.98. The number of nitrogens with zero attached hydrogens (tertiary/aromatic N) is 1. The molecule has 0 fully saturated rings. The molecule has 3 aromatic rings. The third-order valence-electron chi connectivity index (χ3n) is 4.07. The van der Waals surface area contributed by atoms with Crippen LogP contribution in [0.1, 0.15) is 5.56 Å². The molecular weight excluding hydrogens is 344 g/mol. The standard InChI is InChI=1S/C22H21ClN2O/c1-25(15-17-11-13-19(23)14-12-17)16-22(26)24-21-10-6-5-9-20(21)18-7-3-2-4-8-18/h2-14H,15-16H2,1H3,(H,24,26). The molecule has 4 heteroatoms. The summed E-state index contributed by atoms with van der Waals surface area (Å²) in [4.78, 5) is 14.5. The smallest absolute Gasteiger partial charge is 0.238 e. The number of likely N-dealkylation sites (N-methyl/N-ethyl adjacent to an activating group) is 1. The first-order chi connectivity index (χ1) is 12.6. The fourth-order valence-electron chi connectivity index (χ4n) is 2.85. The molecule has 3 nitrogen and oxygen atoms in total. The van der Waals surface area contributed by atoms with E-state index in [9.17, 15) is 4.79 Å². The van der Waals surface area contributed by atoms with Crippen LogP contribution in [0.25, 0.3) is 11.1 Å². The van der Waals surface area contributed by atoms with Crippen molar-refractivity contribution in [2.24, 2.45) is 0 Å². The Morgan fingerprint density at radius 3 is 2.31 bits per heavy atom. The lowest BCUT2D eigenvalue weighted by molar-refractivity contribution is -0.117. The van der Waals surface area contributed by atoms with Gasteiger partial charge >= 0.3 is 0 Å². The van der Waals surface area contributed by atoms with Crippen LogP contribution in [0, 0.1) is 0 Å². The highest BCUT2D eigenvalue weighted by Crippen LogP contribution is 2.27. The van der Waals surface area contributed by atoms with Crippen molar-refractivity contribution < 1.29 is 4.79 Å². The van der Waals surface area contributed by atoms with E-state index in [1.54, 1.807) is 0 Å². The summed E-state index contributed by atoms with van der Waals surface area (Å²) in [5.74, 6) is -0.0372. The Balaban J connectivity index is 1.64. The van der Waals surface area contributed by atoms with Crippen LogP contribution in [0.5, 0.6) is 0 Å². The molecule has 3 rings (SSSR count). The van der Waals surface area contributed by atoms with E-state index in [2.05, 4.69) is 5.32 Å². The summed E-state index contributed by atoms with van der Waals surface area (Å²) in [7, 11) is 1.93. The minimum absolute atomic E-state index is 0.0372. The molecule has 0 bridgehead atoms. The van der Waals surface area contributed by atoms with Gasteiger partial charge in [0.1, 0.15) is 0 Å². The Labute approximate surface area is 159 Å². The second-order valence-corrected chi connectivity index (χ2v) is 6.69. The zero-order chi connectivity index (χ0) is 18.4. The number of halogens is 1. The summed E-state index contributed by atoms with van der Waals surface area (Å²) in [5.41, 5.74) is 4.04. The third kappa shape index (κ3) is 4.94. The van der Waals surface area contributed by atoms with E-state index in [1.807, 2.05) is 90.8 Å². The number of amides is 1. The van der Waals surface area contributed by atoms with Gasteiger partial charge in [-0.15, -0.1) is 0 Å². The van der Waals surface area contributed by atoms with E-state index in [0.717, 1.165) is 22.4 Å². The van der Waals surface area contributed by atoms with Gasteiger partial charge in [0.15, 0.2) is 0 Å². The van der Waals surface area contributed by atoms with Crippen molar-refractivity contribution in [3.8, 4) is 11.1 Å². The molecule has 0 unspecified atom stereocenters. The normalized spacial score (nSPS) is 10.7. The van der Waals surface area contributed by atoms with E-state index in [4.69, 9.17) is 11.6 Å². The van der Waals surface area contributed by atoms with Gasteiger partial charge < -0.3 is 5.32 Å². The van der Waals surface area contributed by atoms with E-state index < -0.39 is 0 Å². The van der Waals surface area contributed by atoms with Crippen LogP contribution in [0.15, 0.2) is 78.9 Å². The maximum Gasteiger partial charge on any atom is 0.238 e. The van der Waals surface area contributed by atoms with Gasteiger partial charge in [0.05, 0.1) is 6.54 Å². The summed E-state index contributed by atoms with van der Waals surface area (Å²) in [6, 6.07) is 25.6. The van der Waals surface area contributed by atoms with E-state index in [-0.39, 0.29) is 5.91 Å². The molecule has 0 aromatic heterocycles. The van der Waals surface area contributed by atoms with Gasteiger partial charge in [-0.3, -0.25) is 9.69 Å². The molecule has 26 heavy (non-hydrogen) atoms. The van der Waals surface area contributed by atoms with Crippen molar-refractivity contribution in [1.29, 1.82) is 0 Å². The van der Waals surface area contributed by atoms with Crippen LogP contribution in [-0.4, -0.2) is 24.4 Å². The van der Waals surface area contributed by atoms with Crippen molar-refractivity contribution in [3.05, 3.63) is 89.4 Å². The summed E-state index contributed by atoms with van der Waals surface area (Å²) >= 11 is 5.91. The van der Waals surface area contributed by atoms with Gasteiger partial charge in [-0.05, 0) is 36.4 Å². The number of hydrogen-bond donors (Lipinski definition) is 1. The van der Waals surface area contributed by atoms with Crippen molar-refractivity contribution >= 4 is 23.2 Å². The number of benzene rings is 3. The highest BCUT2D eigenvalue weighted by molar-refractivity contribution is 6.30. The van der Waals surface area contributed by atoms with Crippen LogP contribution in [0.4, 0.5) is 5.69 Å². The molecule has 0 saturated carbocycles. The molecule has 0 atom stereocenters. The van der Waals surface area contributed by atoms with E-state index in [1.165, 1.54) is 0 Å². The molecule has 0 heterocycles. The number of rotatable bonds is 6. The molecule has 132 valence electrons. The molecule has 0 aliphatic carbocycles. The molecule has 0 radical (unpaired) electrons. The molecule has 3 aromatic carbocycles. The van der Waals surface area contributed by atoms with Crippen LogP contribution in [0.2, 0.25) is 5.02 Å². The zero-order valence-electron chi connectivity index (χ0n) is 14.7. The van der Waals surface area contributed by atoms with Crippen molar-refractivity contribution in [1.82, 2.24) is 4.90 Å². The fraction of sp³-hybridized carbons (Fsp3) is 0.136. The minimum atomic E-state index is -0.0372. The summed E-state index contributed by atoms with van der Waals surface area (Å²) in [6.07, 6.45) is 0. The Morgan fingerprint density at radius 1 is 0.923 bits per heavy atom. The first kappa shape index (κ1) is 18.2. The highest BCUT2D eigenvalue weighted by Gasteiger charge is 2.10. The van der Waals surface area contributed by atoms with Crippen molar-refractivity contribution in [2.75, 3.05) is 18.9 Å². The molecule has 0 spiro atoms. The van der Waals surface area contributed by atoms with Crippen LogP contribution < -0.4 is 5.32 Å². The van der Waals surface area contributed by atoms with Gasteiger partial charge in [-0.25, -0.2) is 0 Å². The second kappa shape index (κ2) is 8.65. The number of hydrogen-bond acceptors (Lipinski definition) is 2. The summed E-state index contributed by atoms with van der Waals surface area (Å²) in [5, 5.41) is 3.75. The van der Waals surface area contributed by atoms with Crippen LogP contribution >= 0.6 is 11.6 Å². The Hall–Kier alpha value is -2.62. The number of carbonyl (C=O) groups excluding carboxylic acids is 1. The Kier molecular flexibility index (Phi) is 6.05. The largest absolute Gasteiger partial charge is 0.324 e. The van der Waals surface area contributed by atoms with Gasteiger partial charge in [-0.2, -0.15) is 0 Å². The second-order valence-electron chi connectivity index (χ2n) is 6.26. The molecule has 0 aliphatic heterocycles. The first-order valence-electron chi connectivity index (χ1n) is 8.49. The van der Waals surface area contributed by atoms with Gasteiger partial charge in [-0.1, -0.05) is 72.3 Å². The topological polar surface area (TPSA) is 32.3 Å². The zero-order valence-corrected chi connectivity index (χ0v) is 15.4. The lowest BCUT2D eigenvalue weighted by Crippen LogP contribution is -2.30. The maximum absolute atomic E-state index is 12.5. The lowest BCUT2D eigenvalue weighted by Gasteiger charge is -2.17. The van der Waals surface area contributed by atoms with Gasteiger partial charge in [0, 0.05) is 22.8 Å². The SMILES string of the molecule is CN(CC(=O)Nc1ccccc1-c1ccccc1)Cc1ccc(Cl)cc1. The molecular formula is C22H21ClN2O. The summed E-state index contributed by atoms with van der Waals surface area (Å²) < 4.78 is 0. The van der Waals surface area contributed by atoms with Gasteiger partial charge in [0.25, 0.3) is 0 Å². The first-order valence-corrected chi connectivity index (χ1v) is 8.87. The average molecular weight is 365 g/mol. The Bertz CT molecular complexity index is 863. The molecule has 0 saturated heterocycles. The average Bonchev–Trinajstić information content (AvgIpc) is 2.64. The monoisotopic (exact) mass is 364 g/mol. The van der Waals surface area contributed by atoms with Crippen LogP contribution in [0.3, 0.4) is 0 Å². The number of para-hydroxylation sites is 1. The van der Waals surface area contributed by atoms with Gasteiger partial charge in [0.2, 0.25) is 5.91 Å². The van der Waals surface area contributed by atoms with Crippen molar-refractivity contribution in [2.45, 2.75) is 6.54 Å². The van der Waals surface area contributed by atoms with Crippen molar-refractivity contribution in [3.63, 3.8) is 0 Å². The highest BCUT2D eigenvalue weighted by atomic mass is 35.5. The molecule has 1 N–H and O–H groups in total. The molecule has 1 amide bonds. The third-order valence-corrected chi connectivity index (χ3v) is 4.32. The maximum atomic E-state index is 12.5. The predicted molar refractivity (Wildman–Crippen MR) is 108 cm³/mol. The number of anilines is 1.